The summed E-state index contributed by atoms with van der Waals surface area (Å²) in [5, 5.41) is 2.81. The minimum Gasteiger partial charge on any atom is -0.119 e. The van der Waals surface area contributed by atoms with Crippen molar-refractivity contribution in [3.63, 3.8) is 0 Å². The molecule has 33 heavy (non-hydrogen) atoms. The van der Waals surface area contributed by atoms with Crippen LogP contribution in [0.4, 0.5) is 0 Å². The SMILES string of the molecule is CCC1[n+]2c3ccccc3c3cc(C(C)(C)C)c4cc(C(C)(C)C)cc(c4n32)C1(CC)CC. The summed E-state index contributed by atoms with van der Waals surface area (Å²) >= 11 is 0. The molecule has 2 aromatic carbocycles. The van der Waals surface area contributed by atoms with Gasteiger partial charge in [-0.05, 0) is 58.6 Å². The van der Waals surface area contributed by atoms with Crippen LogP contribution in [0.15, 0.2) is 42.5 Å². The largest absolute Gasteiger partial charge is 0.240 e. The van der Waals surface area contributed by atoms with Crippen LogP contribution in [0.2, 0.25) is 0 Å². The predicted molar refractivity (Wildman–Crippen MR) is 142 cm³/mol. The molecule has 0 saturated heterocycles. The Hall–Kier alpha value is -2.35. The second kappa shape index (κ2) is 7.08. The van der Waals surface area contributed by atoms with Gasteiger partial charge in [0, 0.05) is 17.9 Å². The summed E-state index contributed by atoms with van der Waals surface area (Å²) in [4.78, 5) is 0. The van der Waals surface area contributed by atoms with Crippen LogP contribution in [0.5, 0.6) is 0 Å². The van der Waals surface area contributed by atoms with E-state index in [9.17, 15) is 0 Å². The van der Waals surface area contributed by atoms with Crippen molar-refractivity contribution in [3.05, 3.63) is 59.2 Å². The third-order valence-corrected chi connectivity index (χ3v) is 8.56. The molecule has 0 saturated carbocycles. The Morgan fingerprint density at radius 1 is 0.848 bits per heavy atom. The monoisotopic (exact) mass is 441 g/mol. The zero-order valence-electron chi connectivity index (χ0n) is 22.1. The van der Waals surface area contributed by atoms with Crippen molar-refractivity contribution in [2.24, 2.45) is 0 Å². The third kappa shape index (κ3) is 2.88. The first-order valence-corrected chi connectivity index (χ1v) is 13.0. The first kappa shape index (κ1) is 22.4. The number of hydrogen-bond acceptors (Lipinski definition) is 0. The fourth-order valence-corrected chi connectivity index (χ4v) is 6.70. The molecule has 2 nitrogen and oxygen atoms in total. The fraction of sp³-hybridized carbons (Fsp3) is 0.516. The van der Waals surface area contributed by atoms with Crippen molar-refractivity contribution in [1.82, 2.24) is 4.52 Å². The number of fused-ring (bicyclic) bond motifs is 3. The van der Waals surface area contributed by atoms with Gasteiger partial charge in [-0.25, -0.2) is 0 Å². The van der Waals surface area contributed by atoms with Gasteiger partial charge in [-0.1, -0.05) is 85.2 Å². The second-order valence-electron chi connectivity index (χ2n) is 12.3. The maximum atomic E-state index is 2.66. The molecule has 174 valence electrons. The second-order valence-corrected chi connectivity index (χ2v) is 12.3. The van der Waals surface area contributed by atoms with Crippen molar-refractivity contribution >= 4 is 27.3 Å². The standard InChI is InChI=1S/C31H41N2/c1-10-27-31(11-2,12-3)24-18-20(29(4,5)6)17-22-23(30(7,8)9)19-26-21-15-13-14-16-25(21)32(27)33(26)28(22)24/h13-19,27H,10-12H2,1-9H3/q+1. The minimum absolute atomic E-state index is 0.0639. The van der Waals surface area contributed by atoms with E-state index in [1.807, 2.05) is 0 Å². The van der Waals surface area contributed by atoms with E-state index in [0.717, 1.165) is 19.3 Å². The van der Waals surface area contributed by atoms with Crippen LogP contribution in [0, 0.1) is 0 Å². The van der Waals surface area contributed by atoms with Crippen molar-refractivity contribution in [2.75, 3.05) is 0 Å². The van der Waals surface area contributed by atoms with Gasteiger partial charge in [-0.15, -0.1) is 4.52 Å². The molecule has 2 heteroatoms. The molecule has 1 unspecified atom stereocenters. The fourth-order valence-electron chi connectivity index (χ4n) is 6.70. The lowest BCUT2D eigenvalue weighted by Crippen LogP contribution is -2.57. The Morgan fingerprint density at radius 3 is 2.09 bits per heavy atom. The number of rotatable bonds is 3. The lowest BCUT2D eigenvalue weighted by Gasteiger charge is -2.40. The van der Waals surface area contributed by atoms with Gasteiger partial charge in [0.05, 0.1) is 10.8 Å². The molecular formula is C31H41N2+. The van der Waals surface area contributed by atoms with Crippen molar-refractivity contribution in [3.8, 4) is 0 Å². The predicted octanol–water partition coefficient (Wildman–Crippen LogP) is 8.15. The molecule has 1 aliphatic rings. The zero-order valence-corrected chi connectivity index (χ0v) is 22.1. The summed E-state index contributed by atoms with van der Waals surface area (Å²) in [6.07, 6.45) is 3.43. The van der Waals surface area contributed by atoms with E-state index in [1.165, 1.54) is 38.4 Å². The Labute approximate surface area is 199 Å². The number of pyridine rings is 1. The molecule has 4 aromatic rings. The Bertz CT molecular complexity index is 1380. The summed E-state index contributed by atoms with van der Waals surface area (Å²) < 4.78 is 5.25. The highest BCUT2D eigenvalue weighted by Gasteiger charge is 2.51. The molecule has 0 spiro atoms. The van der Waals surface area contributed by atoms with Crippen LogP contribution >= 0.6 is 0 Å². The van der Waals surface area contributed by atoms with Gasteiger partial charge in [-0.2, -0.15) is 0 Å². The van der Waals surface area contributed by atoms with E-state index in [1.54, 1.807) is 5.56 Å². The van der Waals surface area contributed by atoms with Crippen LogP contribution in [-0.4, -0.2) is 4.52 Å². The summed E-state index contributed by atoms with van der Waals surface area (Å²) in [5.41, 5.74) is 8.95. The Balaban J connectivity index is 2.15. The van der Waals surface area contributed by atoms with Gasteiger partial charge in [0.25, 0.3) is 0 Å². The van der Waals surface area contributed by atoms with Crippen molar-refractivity contribution in [1.29, 1.82) is 0 Å². The summed E-state index contributed by atoms with van der Waals surface area (Å²) in [6.45, 7) is 21.4. The highest BCUT2D eigenvalue weighted by atomic mass is 15.4. The molecular weight excluding hydrogens is 400 g/mol. The first-order valence-electron chi connectivity index (χ1n) is 13.0. The average molecular weight is 442 g/mol. The maximum absolute atomic E-state index is 2.66. The number of hydrogen-bond donors (Lipinski definition) is 0. The van der Waals surface area contributed by atoms with Gasteiger partial charge in [0.15, 0.2) is 6.04 Å². The van der Waals surface area contributed by atoms with E-state index in [2.05, 4.69) is 114 Å². The number of para-hydroxylation sites is 1. The molecule has 0 fully saturated rings. The molecule has 2 aromatic heterocycles. The smallest absolute Gasteiger partial charge is 0.119 e. The van der Waals surface area contributed by atoms with Gasteiger partial charge < -0.3 is 0 Å². The molecule has 5 rings (SSSR count). The van der Waals surface area contributed by atoms with Crippen LogP contribution in [0.25, 0.3) is 27.3 Å². The number of aromatic nitrogens is 2. The quantitative estimate of drug-likeness (QED) is 0.283. The lowest BCUT2D eigenvalue weighted by molar-refractivity contribution is -0.770. The van der Waals surface area contributed by atoms with Crippen LogP contribution in [-0.2, 0) is 16.2 Å². The normalized spacial score (nSPS) is 18.2. The van der Waals surface area contributed by atoms with E-state index >= 15 is 0 Å². The third-order valence-electron chi connectivity index (χ3n) is 8.56. The summed E-state index contributed by atoms with van der Waals surface area (Å²) in [7, 11) is 0. The highest BCUT2D eigenvalue weighted by molar-refractivity contribution is 5.99. The Kier molecular flexibility index (Phi) is 4.81. The molecule has 0 amide bonds. The molecule has 0 N–H and O–H groups in total. The van der Waals surface area contributed by atoms with E-state index in [4.69, 9.17) is 0 Å². The molecule has 1 atom stereocenters. The molecule has 0 radical (unpaired) electrons. The van der Waals surface area contributed by atoms with Gasteiger partial charge in [0.1, 0.15) is 11.0 Å². The molecule has 0 aliphatic carbocycles. The first-order chi connectivity index (χ1) is 15.5. The maximum Gasteiger partial charge on any atom is 0.240 e. The van der Waals surface area contributed by atoms with E-state index < -0.39 is 0 Å². The lowest BCUT2D eigenvalue weighted by atomic mass is 9.66. The molecule has 1 aliphatic heterocycles. The van der Waals surface area contributed by atoms with Crippen LogP contribution in [0.3, 0.4) is 0 Å². The van der Waals surface area contributed by atoms with Crippen LogP contribution in [0.1, 0.15) is 104 Å². The Morgan fingerprint density at radius 2 is 1.52 bits per heavy atom. The number of nitrogens with zero attached hydrogens (tertiary/aromatic N) is 2. The van der Waals surface area contributed by atoms with Crippen LogP contribution < -0.4 is 4.68 Å². The van der Waals surface area contributed by atoms with Crippen molar-refractivity contribution < 1.29 is 4.68 Å². The van der Waals surface area contributed by atoms with Gasteiger partial charge >= 0.3 is 0 Å². The molecule has 3 heterocycles. The minimum atomic E-state index is 0.0639. The molecule has 0 bridgehead atoms. The highest BCUT2D eigenvalue weighted by Crippen LogP contribution is 2.50. The number of benzene rings is 2. The van der Waals surface area contributed by atoms with E-state index in [-0.39, 0.29) is 16.2 Å². The van der Waals surface area contributed by atoms with E-state index in [0.29, 0.717) is 6.04 Å². The summed E-state index contributed by atoms with van der Waals surface area (Å²) in [5.74, 6) is 0. The van der Waals surface area contributed by atoms with Gasteiger partial charge in [0.2, 0.25) is 5.52 Å². The van der Waals surface area contributed by atoms with Gasteiger partial charge in [-0.3, -0.25) is 0 Å². The summed E-state index contributed by atoms with van der Waals surface area (Å²) in [6, 6.07) is 17.1. The average Bonchev–Trinajstić information content (AvgIpc) is 3.10. The van der Waals surface area contributed by atoms with Crippen molar-refractivity contribution in [2.45, 2.75) is 104 Å². The topological polar surface area (TPSA) is 8.29 Å². The zero-order chi connectivity index (χ0) is 23.9.